The lowest BCUT2D eigenvalue weighted by Gasteiger charge is -2.11. The number of amides is 1. The van der Waals surface area contributed by atoms with Crippen molar-refractivity contribution in [3.8, 4) is 0 Å². The second kappa shape index (κ2) is 8.22. The number of benzene rings is 2. The molecule has 1 aliphatic heterocycles. The maximum atomic E-state index is 12.2. The van der Waals surface area contributed by atoms with Crippen LogP contribution in [0.25, 0.3) is 0 Å². The van der Waals surface area contributed by atoms with Gasteiger partial charge < -0.3 is 4.74 Å². The van der Waals surface area contributed by atoms with Gasteiger partial charge in [0.2, 0.25) is 0 Å². The van der Waals surface area contributed by atoms with E-state index in [1.807, 2.05) is 30.3 Å². The van der Waals surface area contributed by atoms with E-state index in [0.717, 1.165) is 11.3 Å². The van der Waals surface area contributed by atoms with E-state index in [0.29, 0.717) is 13.0 Å². The molecule has 8 heteroatoms. The molecule has 0 spiro atoms. The average Bonchev–Trinajstić information content (AvgIpc) is 3.17. The number of ether oxygens (including phenoxy) is 1. The van der Waals surface area contributed by atoms with Crippen LogP contribution in [0, 0.1) is 10.1 Å². The van der Waals surface area contributed by atoms with Crippen molar-refractivity contribution in [2.45, 2.75) is 12.8 Å². The Bertz CT molecular complexity index is 895. The van der Waals surface area contributed by atoms with Gasteiger partial charge >= 0.3 is 5.97 Å². The minimum absolute atomic E-state index is 0.155. The number of esters is 1. The molecule has 0 aromatic heterocycles. The molecule has 0 unspecified atom stereocenters. The molecule has 2 aromatic rings. The molecule has 0 N–H and O–H groups in total. The van der Waals surface area contributed by atoms with Gasteiger partial charge in [-0.1, -0.05) is 48.5 Å². The number of rotatable bonds is 6. The molecular weight excluding hydrogens is 350 g/mol. The van der Waals surface area contributed by atoms with E-state index in [1.165, 1.54) is 23.2 Å². The van der Waals surface area contributed by atoms with E-state index in [1.54, 1.807) is 6.07 Å². The molecule has 1 aliphatic rings. The van der Waals surface area contributed by atoms with Crippen LogP contribution >= 0.6 is 0 Å². The molecule has 2 aromatic carbocycles. The van der Waals surface area contributed by atoms with Gasteiger partial charge in [-0.2, -0.15) is 5.10 Å². The topological polar surface area (TPSA) is 102 Å². The standard InChI is InChI=1S/C19H17N3O5/c23-18(21-11-10-16(20-21)14-6-2-1-3-7-14)13-27-19(24)12-15-8-4-5-9-17(15)22(25)26/h1-9H,10-13H2. The Morgan fingerprint density at radius 3 is 2.56 bits per heavy atom. The van der Waals surface area contributed by atoms with Crippen molar-refractivity contribution in [2.75, 3.05) is 13.2 Å². The van der Waals surface area contributed by atoms with Crippen molar-refractivity contribution >= 4 is 23.3 Å². The van der Waals surface area contributed by atoms with Crippen LogP contribution in [-0.2, 0) is 20.7 Å². The van der Waals surface area contributed by atoms with Gasteiger partial charge in [0, 0.05) is 18.1 Å². The predicted molar refractivity (Wildman–Crippen MR) is 97.1 cm³/mol. The molecule has 0 saturated heterocycles. The van der Waals surface area contributed by atoms with Gasteiger partial charge in [-0.25, -0.2) is 5.01 Å². The van der Waals surface area contributed by atoms with Crippen LogP contribution in [0.2, 0.25) is 0 Å². The van der Waals surface area contributed by atoms with Crippen LogP contribution in [0.3, 0.4) is 0 Å². The quantitative estimate of drug-likeness (QED) is 0.443. The maximum Gasteiger partial charge on any atom is 0.311 e. The SMILES string of the molecule is O=C(Cc1ccccc1[N+](=O)[O-])OCC(=O)N1CCC(c2ccccc2)=N1. The van der Waals surface area contributed by atoms with Gasteiger partial charge in [0.25, 0.3) is 11.6 Å². The summed E-state index contributed by atoms with van der Waals surface area (Å²) in [5, 5.41) is 16.5. The zero-order valence-electron chi connectivity index (χ0n) is 14.4. The van der Waals surface area contributed by atoms with Crippen LogP contribution in [0.4, 0.5) is 5.69 Å². The Kier molecular flexibility index (Phi) is 5.55. The molecule has 0 fully saturated rings. The summed E-state index contributed by atoms with van der Waals surface area (Å²) in [6.45, 7) is -0.0319. The zero-order valence-corrected chi connectivity index (χ0v) is 14.4. The molecule has 138 valence electrons. The lowest BCUT2D eigenvalue weighted by atomic mass is 10.1. The second-order valence-electron chi connectivity index (χ2n) is 5.90. The number of carbonyl (C=O) groups excluding carboxylic acids is 2. The summed E-state index contributed by atoms with van der Waals surface area (Å²) >= 11 is 0. The average molecular weight is 367 g/mol. The Morgan fingerprint density at radius 1 is 1.11 bits per heavy atom. The van der Waals surface area contributed by atoms with Crippen LogP contribution in [0.15, 0.2) is 59.7 Å². The zero-order chi connectivity index (χ0) is 19.2. The molecule has 27 heavy (non-hydrogen) atoms. The lowest BCUT2D eigenvalue weighted by Crippen LogP contribution is -2.29. The Labute approximate surface area is 155 Å². The van der Waals surface area contributed by atoms with Crippen LogP contribution in [0.1, 0.15) is 17.5 Å². The summed E-state index contributed by atoms with van der Waals surface area (Å²) in [5.41, 5.74) is 1.83. The van der Waals surface area contributed by atoms with E-state index in [4.69, 9.17) is 4.74 Å². The number of nitro benzene ring substituents is 1. The van der Waals surface area contributed by atoms with E-state index in [9.17, 15) is 19.7 Å². The number of para-hydroxylation sites is 1. The van der Waals surface area contributed by atoms with Crippen molar-refractivity contribution in [1.29, 1.82) is 0 Å². The summed E-state index contributed by atoms with van der Waals surface area (Å²) in [5.74, 6) is -1.14. The molecule has 1 heterocycles. The summed E-state index contributed by atoms with van der Waals surface area (Å²) in [6.07, 6.45) is 0.350. The smallest absolute Gasteiger partial charge is 0.311 e. The van der Waals surface area contributed by atoms with Gasteiger partial charge in [0.1, 0.15) is 0 Å². The van der Waals surface area contributed by atoms with Gasteiger partial charge in [-0.3, -0.25) is 19.7 Å². The first-order chi connectivity index (χ1) is 13.0. The highest BCUT2D eigenvalue weighted by Crippen LogP contribution is 2.18. The molecule has 0 aliphatic carbocycles. The third-order valence-corrected chi connectivity index (χ3v) is 4.08. The fourth-order valence-corrected chi connectivity index (χ4v) is 2.73. The molecule has 3 rings (SSSR count). The number of hydrazone groups is 1. The second-order valence-corrected chi connectivity index (χ2v) is 5.90. The first-order valence-corrected chi connectivity index (χ1v) is 8.36. The first-order valence-electron chi connectivity index (χ1n) is 8.36. The Balaban J connectivity index is 1.55. The molecular formula is C19H17N3O5. The fourth-order valence-electron chi connectivity index (χ4n) is 2.73. The number of nitrogens with zero attached hydrogens (tertiary/aromatic N) is 3. The highest BCUT2D eigenvalue weighted by atomic mass is 16.6. The summed E-state index contributed by atoms with van der Waals surface area (Å²) in [6, 6.07) is 15.4. The predicted octanol–water partition coefficient (Wildman–Crippen LogP) is 2.32. The Morgan fingerprint density at radius 2 is 1.81 bits per heavy atom. The third kappa shape index (κ3) is 4.55. The van der Waals surface area contributed by atoms with E-state index >= 15 is 0 Å². The van der Waals surface area contributed by atoms with Gasteiger partial charge in [-0.15, -0.1) is 0 Å². The minimum Gasteiger partial charge on any atom is -0.455 e. The monoisotopic (exact) mass is 367 g/mol. The lowest BCUT2D eigenvalue weighted by molar-refractivity contribution is -0.385. The van der Waals surface area contributed by atoms with E-state index in [-0.39, 0.29) is 17.7 Å². The van der Waals surface area contributed by atoms with Crippen LogP contribution < -0.4 is 0 Å². The van der Waals surface area contributed by atoms with Crippen LogP contribution in [0.5, 0.6) is 0 Å². The van der Waals surface area contributed by atoms with Gasteiger partial charge in [-0.05, 0) is 5.56 Å². The normalized spacial score (nSPS) is 13.2. The Hall–Kier alpha value is -3.55. The van der Waals surface area contributed by atoms with Crippen molar-refractivity contribution in [2.24, 2.45) is 5.10 Å². The van der Waals surface area contributed by atoms with Crippen LogP contribution in [-0.4, -0.2) is 40.7 Å². The molecule has 0 saturated carbocycles. The molecule has 0 bridgehead atoms. The maximum absolute atomic E-state index is 12.2. The highest BCUT2D eigenvalue weighted by molar-refractivity contribution is 6.02. The fraction of sp³-hybridized carbons (Fsp3) is 0.211. The largest absolute Gasteiger partial charge is 0.455 e. The highest BCUT2D eigenvalue weighted by Gasteiger charge is 2.23. The van der Waals surface area contributed by atoms with Crippen molar-refractivity contribution in [1.82, 2.24) is 5.01 Å². The van der Waals surface area contributed by atoms with Crippen molar-refractivity contribution in [3.05, 3.63) is 75.8 Å². The number of carbonyl (C=O) groups is 2. The summed E-state index contributed by atoms with van der Waals surface area (Å²) in [7, 11) is 0. The third-order valence-electron chi connectivity index (χ3n) is 4.08. The number of hydrogen-bond donors (Lipinski definition) is 0. The molecule has 0 radical (unpaired) electrons. The summed E-state index contributed by atoms with van der Waals surface area (Å²) in [4.78, 5) is 34.5. The van der Waals surface area contributed by atoms with Crippen molar-refractivity contribution in [3.63, 3.8) is 0 Å². The van der Waals surface area contributed by atoms with Crippen molar-refractivity contribution < 1.29 is 19.2 Å². The number of nitro groups is 1. The molecule has 0 atom stereocenters. The molecule has 1 amide bonds. The van der Waals surface area contributed by atoms with Gasteiger partial charge in [0.15, 0.2) is 6.61 Å². The van der Waals surface area contributed by atoms with E-state index in [2.05, 4.69) is 5.10 Å². The molecule has 8 nitrogen and oxygen atoms in total. The van der Waals surface area contributed by atoms with E-state index < -0.39 is 23.4 Å². The first kappa shape index (κ1) is 18.2. The van der Waals surface area contributed by atoms with Gasteiger partial charge in [0.05, 0.1) is 23.6 Å². The number of hydrogen-bond acceptors (Lipinski definition) is 6. The minimum atomic E-state index is -0.705. The summed E-state index contributed by atoms with van der Waals surface area (Å²) < 4.78 is 4.97.